The van der Waals surface area contributed by atoms with Crippen molar-refractivity contribution in [1.82, 2.24) is 5.32 Å². The third-order valence-electron chi connectivity index (χ3n) is 3.99. The van der Waals surface area contributed by atoms with Crippen LogP contribution in [0.4, 0.5) is 0 Å². The van der Waals surface area contributed by atoms with Crippen LogP contribution in [0.2, 0.25) is 0 Å². The van der Waals surface area contributed by atoms with Gasteiger partial charge in [-0.1, -0.05) is 44.2 Å². The van der Waals surface area contributed by atoms with Crippen molar-refractivity contribution in [1.29, 1.82) is 0 Å². The lowest BCUT2D eigenvalue weighted by atomic mass is 10.00. The van der Waals surface area contributed by atoms with E-state index in [1.165, 1.54) is 18.4 Å². The molecule has 0 aliphatic heterocycles. The molecule has 0 spiro atoms. The summed E-state index contributed by atoms with van der Waals surface area (Å²) < 4.78 is 5.52. The first-order valence-electron chi connectivity index (χ1n) is 9.14. The Kier molecular flexibility index (Phi) is 9.71. The largest absolute Gasteiger partial charge is 0.508 e. The number of ether oxygens (including phenoxy) is 1. The van der Waals surface area contributed by atoms with Crippen LogP contribution in [0, 0.1) is 6.92 Å². The SMILES string of the molecule is CCOc1cc(C)c(O)cc1C(C)C.CNCCCc1ccccc1. The van der Waals surface area contributed by atoms with E-state index in [4.69, 9.17) is 4.74 Å². The highest BCUT2D eigenvalue weighted by molar-refractivity contribution is 5.46. The number of benzene rings is 2. The molecule has 0 aromatic heterocycles. The van der Waals surface area contributed by atoms with Crippen molar-refractivity contribution < 1.29 is 9.84 Å². The van der Waals surface area contributed by atoms with E-state index < -0.39 is 0 Å². The molecule has 0 fully saturated rings. The fraction of sp³-hybridized carbons (Fsp3) is 0.455. The summed E-state index contributed by atoms with van der Waals surface area (Å²) in [5.41, 5.74) is 3.36. The van der Waals surface area contributed by atoms with Crippen molar-refractivity contribution in [3.63, 3.8) is 0 Å². The summed E-state index contributed by atoms with van der Waals surface area (Å²) in [6.45, 7) is 9.78. The standard InChI is InChI=1S/C12H18O2.C10H15N/c1-5-14-12-6-9(4)11(13)7-10(12)8(2)3;1-11-9-5-8-10-6-3-2-4-7-10/h6-8,13H,5H2,1-4H3;2-4,6-7,11H,5,8-9H2,1H3. The summed E-state index contributed by atoms with van der Waals surface area (Å²) in [5.74, 6) is 1.60. The van der Waals surface area contributed by atoms with Gasteiger partial charge in [0.25, 0.3) is 0 Å². The minimum absolute atomic E-state index is 0.345. The van der Waals surface area contributed by atoms with Crippen LogP contribution in [0.25, 0.3) is 0 Å². The molecule has 2 aromatic carbocycles. The first-order valence-corrected chi connectivity index (χ1v) is 9.14. The quantitative estimate of drug-likeness (QED) is 0.690. The molecule has 0 aliphatic rings. The summed E-state index contributed by atoms with van der Waals surface area (Å²) in [4.78, 5) is 0. The predicted octanol–water partition coefficient (Wildman–Crippen LogP) is 5.06. The van der Waals surface area contributed by atoms with Gasteiger partial charge < -0.3 is 15.2 Å². The van der Waals surface area contributed by atoms with Crippen LogP contribution in [0.5, 0.6) is 11.5 Å². The highest BCUT2D eigenvalue weighted by Gasteiger charge is 2.10. The Hall–Kier alpha value is -2.00. The Balaban J connectivity index is 0.000000257. The van der Waals surface area contributed by atoms with E-state index in [0.717, 1.165) is 23.4 Å². The van der Waals surface area contributed by atoms with Crippen LogP contribution in [-0.4, -0.2) is 25.3 Å². The molecule has 2 rings (SSSR count). The molecule has 0 bridgehead atoms. The maximum absolute atomic E-state index is 9.59. The molecule has 25 heavy (non-hydrogen) atoms. The molecule has 138 valence electrons. The maximum atomic E-state index is 9.59. The van der Waals surface area contributed by atoms with E-state index in [0.29, 0.717) is 18.3 Å². The summed E-state index contributed by atoms with van der Waals surface area (Å²) in [5, 5.41) is 12.7. The molecule has 0 heterocycles. The van der Waals surface area contributed by atoms with Gasteiger partial charge in [-0.25, -0.2) is 0 Å². The van der Waals surface area contributed by atoms with Crippen LogP contribution in [0.15, 0.2) is 42.5 Å². The second-order valence-electron chi connectivity index (χ2n) is 6.46. The molecule has 0 amide bonds. The van der Waals surface area contributed by atoms with Crippen molar-refractivity contribution in [3.8, 4) is 11.5 Å². The van der Waals surface area contributed by atoms with Gasteiger partial charge in [0.05, 0.1) is 6.61 Å². The van der Waals surface area contributed by atoms with E-state index >= 15 is 0 Å². The second-order valence-corrected chi connectivity index (χ2v) is 6.46. The molecule has 0 saturated heterocycles. The smallest absolute Gasteiger partial charge is 0.123 e. The molecular formula is C22H33NO2. The van der Waals surface area contributed by atoms with Crippen molar-refractivity contribution in [2.75, 3.05) is 20.2 Å². The van der Waals surface area contributed by atoms with Crippen molar-refractivity contribution in [2.45, 2.75) is 46.5 Å². The number of hydrogen-bond acceptors (Lipinski definition) is 3. The number of rotatable bonds is 7. The Morgan fingerprint density at radius 1 is 1.12 bits per heavy atom. The molecule has 0 atom stereocenters. The molecule has 0 radical (unpaired) electrons. The minimum Gasteiger partial charge on any atom is -0.508 e. The molecule has 3 heteroatoms. The monoisotopic (exact) mass is 343 g/mol. The highest BCUT2D eigenvalue weighted by atomic mass is 16.5. The van der Waals surface area contributed by atoms with Gasteiger partial charge >= 0.3 is 0 Å². The second kappa shape index (κ2) is 11.5. The average molecular weight is 344 g/mol. The molecular weight excluding hydrogens is 310 g/mol. The van der Waals surface area contributed by atoms with Gasteiger partial charge in [-0.2, -0.15) is 0 Å². The molecule has 2 aromatic rings. The first kappa shape index (κ1) is 21.0. The van der Waals surface area contributed by atoms with Crippen LogP contribution in [-0.2, 0) is 6.42 Å². The molecule has 2 N–H and O–H groups in total. The topological polar surface area (TPSA) is 41.5 Å². The summed E-state index contributed by atoms with van der Waals surface area (Å²) in [7, 11) is 1.99. The number of nitrogens with one attached hydrogen (secondary N) is 1. The molecule has 0 aliphatic carbocycles. The predicted molar refractivity (Wildman–Crippen MR) is 107 cm³/mol. The van der Waals surface area contributed by atoms with Gasteiger partial charge in [0.2, 0.25) is 0 Å². The van der Waals surface area contributed by atoms with Crippen LogP contribution >= 0.6 is 0 Å². The minimum atomic E-state index is 0.345. The van der Waals surface area contributed by atoms with Gasteiger partial charge in [-0.05, 0) is 69.5 Å². The Bertz CT molecular complexity index is 609. The lowest BCUT2D eigenvalue weighted by molar-refractivity contribution is 0.334. The third kappa shape index (κ3) is 7.61. The van der Waals surface area contributed by atoms with Crippen molar-refractivity contribution in [3.05, 3.63) is 59.2 Å². The zero-order valence-corrected chi connectivity index (χ0v) is 16.3. The number of aryl methyl sites for hydroxylation is 2. The van der Waals surface area contributed by atoms with E-state index in [2.05, 4.69) is 49.5 Å². The highest BCUT2D eigenvalue weighted by Crippen LogP contribution is 2.32. The van der Waals surface area contributed by atoms with E-state index in [1.54, 1.807) is 6.07 Å². The fourth-order valence-corrected chi connectivity index (χ4v) is 2.53. The Morgan fingerprint density at radius 2 is 1.80 bits per heavy atom. The van der Waals surface area contributed by atoms with E-state index in [1.807, 2.05) is 27.0 Å². The van der Waals surface area contributed by atoms with Crippen molar-refractivity contribution in [2.24, 2.45) is 0 Å². The van der Waals surface area contributed by atoms with Gasteiger partial charge in [-0.15, -0.1) is 0 Å². The zero-order chi connectivity index (χ0) is 18.7. The molecule has 0 saturated carbocycles. The number of phenolic OH excluding ortho intramolecular Hbond substituents is 1. The number of phenols is 1. The maximum Gasteiger partial charge on any atom is 0.123 e. The third-order valence-corrected chi connectivity index (χ3v) is 3.99. The van der Waals surface area contributed by atoms with Gasteiger partial charge in [-0.3, -0.25) is 0 Å². The van der Waals surface area contributed by atoms with Gasteiger partial charge in [0, 0.05) is 5.56 Å². The summed E-state index contributed by atoms with van der Waals surface area (Å²) in [6, 6.07) is 14.3. The lowest BCUT2D eigenvalue weighted by Gasteiger charge is -2.14. The number of hydrogen-bond donors (Lipinski definition) is 2. The molecule has 3 nitrogen and oxygen atoms in total. The zero-order valence-electron chi connectivity index (χ0n) is 16.3. The van der Waals surface area contributed by atoms with E-state index in [-0.39, 0.29) is 0 Å². The summed E-state index contributed by atoms with van der Waals surface area (Å²) >= 11 is 0. The average Bonchev–Trinajstić information content (AvgIpc) is 2.60. The van der Waals surface area contributed by atoms with Crippen LogP contribution in [0.1, 0.15) is 49.8 Å². The van der Waals surface area contributed by atoms with Crippen LogP contribution < -0.4 is 10.1 Å². The van der Waals surface area contributed by atoms with Crippen molar-refractivity contribution >= 4 is 0 Å². The van der Waals surface area contributed by atoms with Gasteiger partial charge in [0.15, 0.2) is 0 Å². The first-order chi connectivity index (χ1) is 12.0. The number of aromatic hydroxyl groups is 1. The Morgan fingerprint density at radius 3 is 2.36 bits per heavy atom. The van der Waals surface area contributed by atoms with E-state index in [9.17, 15) is 5.11 Å². The Labute approximate surface area is 153 Å². The lowest BCUT2D eigenvalue weighted by Crippen LogP contribution is -2.08. The summed E-state index contributed by atoms with van der Waals surface area (Å²) in [6.07, 6.45) is 2.40. The van der Waals surface area contributed by atoms with Gasteiger partial charge in [0.1, 0.15) is 11.5 Å². The normalized spacial score (nSPS) is 10.3. The fourth-order valence-electron chi connectivity index (χ4n) is 2.53. The molecule has 0 unspecified atom stereocenters. The van der Waals surface area contributed by atoms with Crippen LogP contribution in [0.3, 0.4) is 0 Å².